The number of fused-ring (bicyclic) bond motifs is 1. The molecule has 4 nitrogen and oxygen atoms in total. The van der Waals surface area contributed by atoms with Gasteiger partial charge in [0.1, 0.15) is 0 Å². The number of aryl methyl sites for hydroxylation is 1. The van der Waals surface area contributed by atoms with E-state index in [4.69, 9.17) is 4.99 Å². The zero-order chi connectivity index (χ0) is 18.3. The molecule has 1 fully saturated rings. The van der Waals surface area contributed by atoms with Crippen LogP contribution in [0, 0.1) is 6.92 Å². The number of anilines is 1. The average molecular weight is 451 g/mol. The fourth-order valence-corrected chi connectivity index (χ4v) is 6.56. The van der Waals surface area contributed by atoms with Crippen molar-refractivity contribution in [2.24, 2.45) is 4.99 Å². The molecule has 0 spiro atoms. The lowest BCUT2D eigenvalue weighted by atomic mass is 10.1. The van der Waals surface area contributed by atoms with Crippen LogP contribution in [0.15, 0.2) is 58.0 Å². The molecule has 1 saturated heterocycles. The van der Waals surface area contributed by atoms with Crippen molar-refractivity contribution in [2.75, 3.05) is 16.4 Å². The van der Waals surface area contributed by atoms with Gasteiger partial charge in [-0.1, -0.05) is 57.5 Å². The first-order chi connectivity index (χ1) is 12.4. The Morgan fingerprint density at radius 2 is 1.81 bits per heavy atom. The highest BCUT2D eigenvalue weighted by molar-refractivity contribution is 9.10. The van der Waals surface area contributed by atoms with Gasteiger partial charge in [0.05, 0.1) is 23.6 Å². The van der Waals surface area contributed by atoms with Crippen molar-refractivity contribution in [3.8, 4) is 0 Å². The largest absolute Gasteiger partial charge is 0.315 e. The highest BCUT2D eigenvalue weighted by Crippen LogP contribution is 2.36. The van der Waals surface area contributed by atoms with Crippen molar-refractivity contribution in [1.82, 2.24) is 0 Å². The fourth-order valence-electron chi connectivity index (χ4n) is 3.37. The van der Waals surface area contributed by atoms with Gasteiger partial charge in [-0.05, 0) is 36.8 Å². The van der Waals surface area contributed by atoms with E-state index in [0.29, 0.717) is 0 Å². The van der Waals surface area contributed by atoms with Gasteiger partial charge >= 0.3 is 0 Å². The van der Waals surface area contributed by atoms with Crippen LogP contribution in [0.4, 0.5) is 5.69 Å². The predicted molar refractivity (Wildman–Crippen MR) is 113 cm³/mol. The van der Waals surface area contributed by atoms with Crippen molar-refractivity contribution in [1.29, 1.82) is 0 Å². The number of benzene rings is 2. The van der Waals surface area contributed by atoms with Crippen molar-refractivity contribution in [3.63, 3.8) is 0 Å². The normalized spacial score (nSPS) is 23.8. The third-order valence-corrected chi connectivity index (χ3v) is 7.97. The Morgan fingerprint density at radius 3 is 2.50 bits per heavy atom. The molecule has 0 radical (unpaired) electrons. The van der Waals surface area contributed by atoms with Crippen LogP contribution in [0.1, 0.15) is 11.1 Å². The third-order valence-electron chi connectivity index (χ3n) is 4.70. The molecule has 2 heterocycles. The summed E-state index contributed by atoms with van der Waals surface area (Å²) < 4.78 is 25.2. The minimum atomic E-state index is -3.01. The minimum absolute atomic E-state index is 0.0878. The summed E-state index contributed by atoms with van der Waals surface area (Å²) in [6.45, 7) is 2.05. The smallest absolute Gasteiger partial charge is 0.164 e. The van der Waals surface area contributed by atoms with Gasteiger partial charge in [0, 0.05) is 15.9 Å². The van der Waals surface area contributed by atoms with E-state index in [0.717, 1.165) is 21.1 Å². The summed E-state index contributed by atoms with van der Waals surface area (Å²) in [4.78, 5) is 6.90. The van der Waals surface area contributed by atoms with Crippen LogP contribution >= 0.6 is 27.7 Å². The van der Waals surface area contributed by atoms with Crippen molar-refractivity contribution in [3.05, 3.63) is 64.1 Å². The topological polar surface area (TPSA) is 49.7 Å². The third kappa shape index (κ3) is 3.70. The lowest BCUT2D eigenvalue weighted by Crippen LogP contribution is -2.39. The second-order valence-electron chi connectivity index (χ2n) is 6.74. The number of aliphatic imine (C=N–C) groups is 1. The first-order valence-corrected chi connectivity index (χ1v) is 12.0. The summed E-state index contributed by atoms with van der Waals surface area (Å²) in [5.74, 6) is 1.14. The maximum atomic E-state index is 12.1. The molecule has 0 amide bonds. The zero-order valence-electron chi connectivity index (χ0n) is 14.3. The number of hydrogen-bond acceptors (Lipinski definition) is 5. The van der Waals surface area contributed by atoms with E-state index in [1.807, 2.05) is 19.1 Å². The second kappa shape index (κ2) is 7.02. The molecule has 2 aromatic rings. The summed E-state index contributed by atoms with van der Waals surface area (Å²) in [7, 11) is -3.01. The Morgan fingerprint density at radius 1 is 1.12 bits per heavy atom. The highest BCUT2D eigenvalue weighted by atomic mass is 79.9. The molecule has 4 rings (SSSR count). The standard InChI is InChI=1S/C19H19BrN2O2S2/c1-13-2-8-16(9-3-13)22-18-12-26(23,24)11-17(18)21-19(22)25-10-14-4-6-15(20)7-5-14/h2-9,17-18H,10-12H2,1H3/t17-,18+/m0/s1. The number of nitrogens with zero attached hydrogens (tertiary/aromatic N) is 2. The number of hydrogen-bond donors (Lipinski definition) is 0. The van der Waals surface area contributed by atoms with Crippen LogP contribution in [0.25, 0.3) is 0 Å². The van der Waals surface area contributed by atoms with E-state index in [9.17, 15) is 8.42 Å². The number of rotatable bonds is 3. The predicted octanol–water partition coefficient (Wildman–Crippen LogP) is 4.03. The van der Waals surface area contributed by atoms with Crippen LogP contribution in [-0.4, -0.2) is 37.2 Å². The summed E-state index contributed by atoms with van der Waals surface area (Å²) in [5.41, 5.74) is 3.42. The van der Waals surface area contributed by atoms with Gasteiger partial charge in [0.15, 0.2) is 15.0 Å². The molecule has 2 aliphatic rings. The van der Waals surface area contributed by atoms with Gasteiger partial charge in [-0.2, -0.15) is 0 Å². The van der Waals surface area contributed by atoms with Gasteiger partial charge < -0.3 is 4.90 Å². The van der Waals surface area contributed by atoms with Gasteiger partial charge in [-0.3, -0.25) is 4.99 Å². The summed E-state index contributed by atoms with van der Waals surface area (Å²) in [5, 5.41) is 0.918. The molecule has 0 unspecified atom stereocenters. The van der Waals surface area contributed by atoms with E-state index in [1.165, 1.54) is 11.1 Å². The minimum Gasteiger partial charge on any atom is -0.315 e. The van der Waals surface area contributed by atoms with Crippen LogP contribution < -0.4 is 4.90 Å². The number of thioether (sulfide) groups is 1. The summed E-state index contributed by atoms with van der Waals surface area (Å²) in [6.07, 6.45) is 0. The Bertz CT molecular complexity index is 941. The van der Waals surface area contributed by atoms with E-state index >= 15 is 0 Å². The Kier molecular flexibility index (Phi) is 4.88. The molecule has 136 valence electrons. The SMILES string of the molecule is Cc1ccc(N2C(SCc3ccc(Br)cc3)=N[C@H]3CS(=O)(=O)C[C@H]32)cc1. The van der Waals surface area contributed by atoms with Crippen molar-refractivity contribution >= 4 is 48.4 Å². The molecule has 2 aromatic carbocycles. The van der Waals surface area contributed by atoms with Gasteiger partial charge in [0.2, 0.25) is 0 Å². The molecule has 0 aromatic heterocycles. The van der Waals surface area contributed by atoms with E-state index in [-0.39, 0.29) is 23.6 Å². The van der Waals surface area contributed by atoms with E-state index in [1.54, 1.807) is 11.8 Å². The molecule has 26 heavy (non-hydrogen) atoms. The first-order valence-electron chi connectivity index (χ1n) is 8.43. The van der Waals surface area contributed by atoms with E-state index in [2.05, 4.69) is 57.2 Å². The quantitative estimate of drug-likeness (QED) is 0.707. The molecule has 2 atom stereocenters. The highest BCUT2D eigenvalue weighted by Gasteiger charge is 2.47. The van der Waals surface area contributed by atoms with Crippen molar-refractivity contribution < 1.29 is 8.42 Å². The van der Waals surface area contributed by atoms with Crippen LogP contribution in [0.2, 0.25) is 0 Å². The molecule has 7 heteroatoms. The monoisotopic (exact) mass is 450 g/mol. The zero-order valence-corrected chi connectivity index (χ0v) is 17.5. The molecular formula is C19H19BrN2O2S2. The first kappa shape index (κ1) is 18.1. The molecular weight excluding hydrogens is 432 g/mol. The van der Waals surface area contributed by atoms with Gasteiger partial charge in [-0.25, -0.2) is 8.42 Å². The lowest BCUT2D eigenvalue weighted by Gasteiger charge is -2.26. The van der Waals surface area contributed by atoms with Gasteiger partial charge in [-0.15, -0.1) is 0 Å². The fraction of sp³-hybridized carbons (Fsp3) is 0.316. The van der Waals surface area contributed by atoms with Crippen molar-refractivity contribution in [2.45, 2.75) is 24.8 Å². The summed E-state index contributed by atoms with van der Waals surface area (Å²) in [6, 6.07) is 16.2. The number of halogens is 1. The number of amidine groups is 1. The number of sulfone groups is 1. The maximum Gasteiger partial charge on any atom is 0.164 e. The molecule has 0 N–H and O–H groups in total. The Labute approximate surface area is 166 Å². The Hall–Kier alpha value is -1.31. The van der Waals surface area contributed by atoms with E-state index < -0.39 is 9.84 Å². The molecule has 0 saturated carbocycles. The van der Waals surface area contributed by atoms with Crippen LogP contribution in [0.5, 0.6) is 0 Å². The second-order valence-corrected chi connectivity index (χ2v) is 10.8. The lowest BCUT2D eigenvalue weighted by molar-refractivity contribution is 0.601. The van der Waals surface area contributed by atoms with Gasteiger partial charge in [0.25, 0.3) is 0 Å². The van der Waals surface area contributed by atoms with Crippen LogP contribution in [0.3, 0.4) is 0 Å². The Balaban J connectivity index is 1.60. The van der Waals surface area contributed by atoms with Crippen LogP contribution in [-0.2, 0) is 15.6 Å². The molecule has 2 aliphatic heterocycles. The maximum absolute atomic E-state index is 12.1. The summed E-state index contributed by atoms with van der Waals surface area (Å²) >= 11 is 5.13. The molecule has 0 bridgehead atoms. The molecule has 0 aliphatic carbocycles. The average Bonchev–Trinajstić information content (AvgIpc) is 3.06.